The zero-order valence-electron chi connectivity index (χ0n) is 20.7. The van der Waals surface area contributed by atoms with Crippen molar-refractivity contribution in [2.24, 2.45) is 4.99 Å². The van der Waals surface area contributed by atoms with Gasteiger partial charge >= 0.3 is 5.97 Å². The van der Waals surface area contributed by atoms with Gasteiger partial charge in [-0.1, -0.05) is 70.5 Å². The molecule has 34 heavy (non-hydrogen) atoms. The third-order valence-electron chi connectivity index (χ3n) is 6.61. The van der Waals surface area contributed by atoms with Gasteiger partial charge in [0, 0.05) is 6.42 Å². The Morgan fingerprint density at radius 2 is 1.76 bits per heavy atom. The number of carboxylic acid groups (broad SMARTS) is 1. The molecule has 2 aromatic carbocycles. The molecule has 3 rings (SSSR count). The molecule has 0 saturated heterocycles. The highest BCUT2D eigenvalue weighted by Gasteiger charge is 2.45. The third-order valence-corrected chi connectivity index (χ3v) is 6.61. The molecule has 2 aromatic rings. The summed E-state index contributed by atoms with van der Waals surface area (Å²) in [5, 5.41) is 9.26. The van der Waals surface area contributed by atoms with E-state index in [1.807, 2.05) is 61.2 Å². The van der Waals surface area contributed by atoms with E-state index in [-0.39, 0.29) is 5.91 Å². The maximum absolute atomic E-state index is 13.3. The summed E-state index contributed by atoms with van der Waals surface area (Å²) < 4.78 is 5.64. The van der Waals surface area contributed by atoms with Crippen LogP contribution in [0.2, 0.25) is 0 Å². The second-order valence-electron chi connectivity index (χ2n) is 8.84. The van der Waals surface area contributed by atoms with Gasteiger partial charge in [-0.3, -0.25) is 14.7 Å². The van der Waals surface area contributed by atoms with Crippen molar-refractivity contribution in [2.75, 3.05) is 0 Å². The topological polar surface area (TPSA) is 79.2 Å². The number of benzene rings is 2. The molecule has 1 heterocycles. The van der Waals surface area contributed by atoms with Gasteiger partial charge in [0.25, 0.3) is 5.91 Å². The van der Waals surface area contributed by atoms with Crippen molar-refractivity contribution in [1.82, 2.24) is 4.90 Å². The average Bonchev–Trinajstić information content (AvgIpc) is 3.12. The van der Waals surface area contributed by atoms with Crippen molar-refractivity contribution in [1.29, 1.82) is 0 Å². The van der Waals surface area contributed by atoms with E-state index in [9.17, 15) is 14.7 Å². The molecule has 182 valence electrons. The van der Waals surface area contributed by atoms with Gasteiger partial charge in [-0.15, -0.1) is 0 Å². The molecule has 1 N–H and O–H groups in total. The van der Waals surface area contributed by atoms with Crippen LogP contribution in [0.5, 0.6) is 5.75 Å². The normalized spacial score (nSPS) is 15.8. The Morgan fingerprint density at radius 1 is 1.06 bits per heavy atom. The zero-order valence-corrected chi connectivity index (χ0v) is 20.7. The number of carbonyl (C=O) groups excluding carboxylic acids is 1. The molecule has 1 aliphatic heterocycles. The Kier molecular flexibility index (Phi) is 8.48. The van der Waals surface area contributed by atoms with E-state index < -0.39 is 17.6 Å². The average molecular weight is 465 g/mol. The van der Waals surface area contributed by atoms with Crippen LogP contribution in [0.3, 0.4) is 0 Å². The van der Waals surface area contributed by atoms with Crippen molar-refractivity contribution < 1.29 is 19.4 Å². The second kappa shape index (κ2) is 11.3. The number of unbranched alkanes of at least 4 members (excludes halogenated alkanes) is 1. The summed E-state index contributed by atoms with van der Waals surface area (Å²) in [6, 6.07) is 15.6. The summed E-state index contributed by atoms with van der Waals surface area (Å²) >= 11 is 0. The van der Waals surface area contributed by atoms with Crippen LogP contribution in [0.25, 0.3) is 11.1 Å². The van der Waals surface area contributed by atoms with Gasteiger partial charge in [0.2, 0.25) is 0 Å². The van der Waals surface area contributed by atoms with Crippen LogP contribution in [-0.4, -0.2) is 39.4 Å². The summed E-state index contributed by atoms with van der Waals surface area (Å²) in [6.07, 6.45) is 3.87. The van der Waals surface area contributed by atoms with Gasteiger partial charge in [0.05, 0.1) is 6.54 Å². The minimum absolute atomic E-state index is 0.112. The molecular weight excluding hydrogens is 428 g/mol. The molecule has 6 heteroatoms. The number of amides is 1. The Bertz CT molecular complexity index is 1020. The van der Waals surface area contributed by atoms with E-state index in [2.05, 4.69) is 6.92 Å². The molecule has 0 bridgehead atoms. The van der Waals surface area contributed by atoms with Gasteiger partial charge in [-0.25, -0.2) is 4.79 Å². The van der Waals surface area contributed by atoms with Crippen molar-refractivity contribution in [2.45, 2.75) is 84.4 Å². The highest BCUT2D eigenvalue weighted by Crippen LogP contribution is 2.33. The predicted molar refractivity (Wildman–Crippen MR) is 135 cm³/mol. The number of carboxylic acids is 1. The highest BCUT2D eigenvalue weighted by molar-refractivity contribution is 6.08. The first-order chi connectivity index (χ1) is 16.4. The number of hydrogen-bond donors (Lipinski definition) is 1. The smallest absolute Gasteiger partial charge is 0.344 e. The molecule has 6 nitrogen and oxygen atoms in total. The van der Waals surface area contributed by atoms with E-state index in [0.29, 0.717) is 31.6 Å². The Morgan fingerprint density at radius 3 is 2.35 bits per heavy atom. The van der Waals surface area contributed by atoms with Crippen LogP contribution < -0.4 is 4.74 Å². The van der Waals surface area contributed by atoms with Crippen molar-refractivity contribution in [3.8, 4) is 16.9 Å². The van der Waals surface area contributed by atoms with Crippen LogP contribution in [0, 0.1) is 0 Å². The first kappa shape index (κ1) is 25.5. The van der Waals surface area contributed by atoms with Crippen LogP contribution in [0.15, 0.2) is 53.5 Å². The quantitative estimate of drug-likeness (QED) is 0.412. The van der Waals surface area contributed by atoms with Crippen molar-refractivity contribution in [3.05, 3.63) is 54.1 Å². The number of amidine groups is 1. The van der Waals surface area contributed by atoms with Crippen LogP contribution in [-0.2, 0) is 16.1 Å². The third kappa shape index (κ3) is 5.49. The lowest BCUT2D eigenvalue weighted by Gasteiger charge is -2.24. The summed E-state index contributed by atoms with van der Waals surface area (Å²) in [5.41, 5.74) is 2.38. The number of hydrogen-bond acceptors (Lipinski definition) is 4. The van der Waals surface area contributed by atoms with Gasteiger partial charge in [-0.05, 0) is 54.5 Å². The van der Waals surface area contributed by atoms with E-state index in [0.717, 1.165) is 41.8 Å². The number of ether oxygens (including phenoxy) is 1. The first-order valence-electron chi connectivity index (χ1n) is 12.4. The molecular formula is C28H36N2O4. The largest absolute Gasteiger partial charge is 0.479 e. The SMILES string of the molecule is CCCCC1=NC(CC)(CC)C(=O)N1Cc1ccc(-c2cccc(OC(CC)C(=O)O)c2)cc1. The molecule has 1 atom stereocenters. The van der Waals surface area contributed by atoms with Crippen LogP contribution in [0.4, 0.5) is 0 Å². The number of aliphatic carboxylic acids is 1. The number of carbonyl (C=O) groups is 2. The summed E-state index contributed by atoms with van der Waals surface area (Å²) in [5.74, 6) is 0.589. The zero-order chi connectivity index (χ0) is 24.7. The molecule has 1 amide bonds. The number of nitrogens with zero attached hydrogens (tertiary/aromatic N) is 2. The fourth-order valence-corrected chi connectivity index (χ4v) is 4.33. The Hall–Kier alpha value is -3.15. The first-order valence-corrected chi connectivity index (χ1v) is 12.4. The van der Waals surface area contributed by atoms with E-state index in [1.54, 1.807) is 13.0 Å². The molecule has 0 radical (unpaired) electrons. The molecule has 1 aliphatic rings. The Labute approximate surface area is 202 Å². The lowest BCUT2D eigenvalue weighted by Crippen LogP contribution is -2.41. The Balaban J connectivity index is 1.77. The van der Waals surface area contributed by atoms with E-state index >= 15 is 0 Å². The predicted octanol–water partition coefficient (Wildman–Crippen LogP) is 6.09. The standard InChI is InChI=1S/C28H36N2O4/c1-5-9-13-25-29-28(7-3,8-4)27(33)30(25)19-20-14-16-21(17-15-20)22-11-10-12-23(18-22)34-24(6-2)26(31)32/h10-12,14-18,24H,5-9,13,19H2,1-4H3,(H,31,32). The maximum Gasteiger partial charge on any atom is 0.344 e. The van der Waals surface area contributed by atoms with Gasteiger partial charge in [0.15, 0.2) is 6.10 Å². The van der Waals surface area contributed by atoms with Crippen LogP contribution >= 0.6 is 0 Å². The van der Waals surface area contributed by atoms with Crippen LogP contribution in [0.1, 0.15) is 71.8 Å². The number of aliphatic imine (C=N–C) groups is 1. The lowest BCUT2D eigenvalue weighted by atomic mass is 9.93. The van der Waals surface area contributed by atoms with Gasteiger partial charge in [0.1, 0.15) is 17.1 Å². The highest BCUT2D eigenvalue weighted by atomic mass is 16.5. The minimum atomic E-state index is -0.967. The van der Waals surface area contributed by atoms with Gasteiger partial charge in [-0.2, -0.15) is 0 Å². The fraction of sp³-hybridized carbons (Fsp3) is 0.464. The monoisotopic (exact) mass is 464 g/mol. The number of rotatable bonds is 12. The minimum Gasteiger partial charge on any atom is -0.479 e. The molecule has 0 aromatic heterocycles. The summed E-state index contributed by atoms with van der Waals surface area (Å²) in [6.45, 7) is 8.53. The van der Waals surface area contributed by atoms with Crippen molar-refractivity contribution >= 4 is 17.7 Å². The maximum atomic E-state index is 13.3. The van der Waals surface area contributed by atoms with E-state index in [4.69, 9.17) is 9.73 Å². The second-order valence-corrected chi connectivity index (χ2v) is 8.84. The molecule has 0 spiro atoms. The van der Waals surface area contributed by atoms with E-state index in [1.165, 1.54) is 0 Å². The van der Waals surface area contributed by atoms with Gasteiger partial charge < -0.3 is 9.84 Å². The molecule has 0 aliphatic carbocycles. The lowest BCUT2D eigenvalue weighted by molar-refractivity contribution is -0.145. The molecule has 0 fully saturated rings. The fourth-order valence-electron chi connectivity index (χ4n) is 4.33. The van der Waals surface area contributed by atoms with Crippen molar-refractivity contribution in [3.63, 3.8) is 0 Å². The summed E-state index contributed by atoms with van der Waals surface area (Å²) in [7, 11) is 0. The molecule has 0 saturated carbocycles. The molecule has 1 unspecified atom stereocenters. The summed E-state index contributed by atoms with van der Waals surface area (Å²) in [4.78, 5) is 31.4.